The van der Waals surface area contributed by atoms with Crippen molar-refractivity contribution in [2.45, 2.75) is 145 Å². The van der Waals surface area contributed by atoms with Gasteiger partial charge in [-0.3, -0.25) is 0 Å². The summed E-state index contributed by atoms with van der Waals surface area (Å²) in [5.74, 6) is 0. The molecule has 7 aromatic heterocycles. The minimum Gasteiger partial charge on any atom is -0.201 e. The molecule has 0 N–H and O–H groups in total. The number of aryl methyl sites for hydroxylation is 25. The zero-order valence-electron chi connectivity index (χ0n) is 90.4. The molecule has 0 bridgehead atoms. The Hall–Kier alpha value is -11.4. The van der Waals surface area contributed by atoms with E-state index in [1.807, 2.05) is 62.8 Å². The van der Waals surface area contributed by atoms with Crippen LogP contribution in [-0.4, -0.2) is 0 Å². The molecule has 7 heteroatoms. The summed E-state index contributed by atoms with van der Waals surface area (Å²) in [4.78, 5) is 0. The maximum absolute atomic E-state index is 7.83. The highest BCUT2D eigenvalue weighted by molar-refractivity contribution is 5.71. The third-order valence-corrected chi connectivity index (χ3v) is 20.4. The fraction of sp³-hybridized carbons (Fsp3) is 0.267. The van der Waals surface area contributed by atoms with E-state index in [1.165, 1.54) is 96.0 Å². The van der Waals surface area contributed by atoms with Gasteiger partial charge in [-0.05, 0) is 285 Å². The molecule has 0 amide bonds. The van der Waals surface area contributed by atoms with Gasteiger partial charge in [0.1, 0.15) is 49.3 Å². The first-order chi connectivity index (χ1) is 61.7. The number of benzene rings is 7. The fourth-order valence-electron chi connectivity index (χ4n) is 14.0. The SMILES string of the molecule is Cc1ccc(-c2c(C)ccc[n+]2C)c(C)c1.Cc1ccc(C)c(-c2c(C)ccc[n+]2C)c1.Cc1cccc(-c2c(C)ccc[n+]2C)c1C.[2H]C([2H])([2H])c1ccc(-c2c(C([2H])([2H])[2H])ccc[n+]2C)c(C)c1.[2H]C([2H])([2H])c1ccc(C)c(-c2c(C([2H])([2H])[2H])ccc[n+]2C)c1.[2H]C([2H])([2H])c1ccc(C)c(-c2cccc[n+]2C)c1C([2H])([2H])[2H].[2H]C([2H])([2H])c1ccc[n+](C)c1-c1cccc(C)c1C. The Balaban J connectivity index is 0.000000192. The van der Waals surface area contributed by atoms with Crippen LogP contribution in [0.5, 0.6) is 0 Å². The summed E-state index contributed by atoms with van der Waals surface area (Å²) in [5, 5.41) is 0. The van der Waals surface area contributed by atoms with Crippen LogP contribution in [0, 0.1) is 145 Å². The molecule has 0 radical (unpaired) electrons. The van der Waals surface area contributed by atoms with Crippen molar-refractivity contribution in [3.8, 4) is 78.8 Å². The van der Waals surface area contributed by atoms with E-state index in [2.05, 4.69) is 207 Å². The summed E-state index contributed by atoms with van der Waals surface area (Å²) in [6, 6.07) is 66.6. The molecule has 7 nitrogen and oxygen atoms in total. The minimum atomic E-state index is -2.51. The van der Waals surface area contributed by atoms with Gasteiger partial charge in [-0.15, -0.1) is 0 Å². The Bertz CT molecular complexity index is 6380. The number of hydrogen-bond acceptors (Lipinski definition) is 0. The van der Waals surface area contributed by atoms with Gasteiger partial charge < -0.3 is 0 Å². The number of hydrogen-bond donors (Lipinski definition) is 0. The van der Waals surface area contributed by atoms with E-state index in [0.29, 0.717) is 33.8 Å². The fourth-order valence-corrected chi connectivity index (χ4v) is 14.0. The quantitative estimate of drug-likeness (QED) is 0.142. The Labute approximate surface area is 703 Å². The molecule has 112 heavy (non-hydrogen) atoms. The molecule has 0 aliphatic heterocycles. The van der Waals surface area contributed by atoms with Gasteiger partial charge in [0.05, 0.1) is 5.56 Å². The summed E-state index contributed by atoms with van der Waals surface area (Å²) in [6.45, 7) is 13.0. The Morgan fingerprint density at radius 2 is 0.500 bits per heavy atom. The smallest absolute Gasteiger partial charge is 0.201 e. The molecular formula is C105H126N7+7. The molecule has 0 atom stereocenters. The standard InChI is InChI=1S/7C15H18N/c2*1-11-7-5-9-14(13(11)3)15-12(2)8-6-10-16(15)4;2*1-11-7-8-12(2)14(10-11)15-13(3)6-5-9-16(15)4;2*1-11-7-8-14(13(3)10-11)15-12(2)6-5-9-16(15)4;1-11-8-9-12(2)15(13(11)3)14-7-5-6-10-16(14)4/h7*5-10H,1-4H3/q7*+1/i2D3;;1D3,3D3;;1D3,2D3;;1D3,3D3. The zero-order valence-corrected chi connectivity index (χ0v) is 69.4. The van der Waals surface area contributed by atoms with E-state index in [9.17, 15) is 0 Å². The van der Waals surface area contributed by atoms with Crippen molar-refractivity contribution in [1.29, 1.82) is 0 Å². The number of aromatic nitrogens is 7. The lowest BCUT2D eigenvalue weighted by molar-refractivity contribution is -0.660. The maximum Gasteiger partial charge on any atom is 0.215 e. The van der Waals surface area contributed by atoms with E-state index in [4.69, 9.17) is 28.8 Å². The maximum atomic E-state index is 7.83. The highest BCUT2D eigenvalue weighted by atomic mass is 14.9. The molecule has 14 aromatic rings. The van der Waals surface area contributed by atoms with Crippen molar-refractivity contribution >= 4 is 0 Å². The molecule has 0 saturated carbocycles. The van der Waals surface area contributed by atoms with Crippen LogP contribution < -0.4 is 32.0 Å². The van der Waals surface area contributed by atoms with E-state index in [0.717, 1.165) is 44.6 Å². The first kappa shape index (κ1) is 60.3. The van der Waals surface area contributed by atoms with Crippen molar-refractivity contribution in [1.82, 2.24) is 0 Å². The lowest BCUT2D eigenvalue weighted by Gasteiger charge is -2.10. The lowest BCUT2D eigenvalue weighted by Crippen LogP contribution is -2.31. The van der Waals surface area contributed by atoms with E-state index >= 15 is 0 Å². The second-order valence-electron chi connectivity index (χ2n) is 29.2. The second-order valence-corrected chi connectivity index (χ2v) is 29.2. The van der Waals surface area contributed by atoms with Crippen LogP contribution in [0.15, 0.2) is 256 Å². The number of nitrogens with zero attached hydrogens (tertiary/aromatic N) is 7. The van der Waals surface area contributed by atoms with Crippen molar-refractivity contribution in [2.24, 2.45) is 49.3 Å². The average Bonchev–Trinajstić information content (AvgIpc) is 0.781. The summed E-state index contributed by atoms with van der Waals surface area (Å²) in [7, 11) is 13.5. The van der Waals surface area contributed by atoms with Gasteiger partial charge in [-0.1, -0.05) is 107 Å². The topological polar surface area (TPSA) is 27.2 Å². The normalized spacial score (nSPS) is 14.1. The summed E-state index contributed by atoms with van der Waals surface area (Å²) >= 11 is 0. The van der Waals surface area contributed by atoms with Crippen LogP contribution in [0.4, 0.5) is 0 Å². The molecule has 574 valence electrons. The van der Waals surface area contributed by atoms with Gasteiger partial charge in [0.25, 0.3) is 0 Å². The van der Waals surface area contributed by atoms with Gasteiger partial charge in [0, 0.05) is 144 Å². The molecule has 0 spiro atoms. The van der Waals surface area contributed by atoms with Crippen LogP contribution in [-0.2, 0) is 49.3 Å². The number of pyridine rings is 7. The predicted molar refractivity (Wildman–Crippen MR) is 471 cm³/mol. The highest BCUT2D eigenvalue weighted by Gasteiger charge is 2.22. The van der Waals surface area contributed by atoms with Gasteiger partial charge >= 0.3 is 0 Å². The Morgan fingerprint density at radius 1 is 0.188 bits per heavy atom. The first-order valence-corrected chi connectivity index (χ1v) is 37.6. The first-order valence-electron chi connectivity index (χ1n) is 48.1. The van der Waals surface area contributed by atoms with Crippen molar-refractivity contribution < 1.29 is 60.8 Å². The van der Waals surface area contributed by atoms with E-state index < -0.39 is 48.0 Å². The third kappa shape index (κ3) is 21.6. The number of rotatable bonds is 7. The zero-order chi connectivity index (χ0) is 99.4. The van der Waals surface area contributed by atoms with Gasteiger partial charge in [-0.25, -0.2) is 32.0 Å². The van der Waals surface area contributed by atoms with Gasteiger partial charge in [0.2, 0.25) is 39.9 Å². The van der Waals surface area contributed by atoms with Crippen LogP contribution in [0.25, 0.3) is 78.8 Å². The van der Waals surface area contributed by atoms with Crippen LogP contribution >= 0.6 is 0 Å². The Kier molecular flexibility index (Phi) is 21.3. The molecule has 0 saturated heterocycles. The van der Waals surface area contributed by atoms with Gasteiger partial charge in [-0.2, -0.15) is 0 Å². The summed E-state index contributed by atoms with van der Waals surface area (Å²) < 4.78 is 175. The molecular weight excluding hydrogens is 1360 g/mol. The monoisotopic (exact) mass is 1510 g/mol. The molecule has 7 heterocycles. The summed E-state index contributed by atoms with van der Waals surface area (Å²) in [5.41, 5.74) is 30.9. The van der Waals surface area contributed by atoms with Crippen molar-refractivity contribution in [3.05, 3.63) is 373 Å². The minimum absolute atomic E-state index is 0.0886. The van der Waals surface area contributed by atoms with Crippen molar-refractivity contribution in [3.63, 3.8) is 0 Å². The highest BCUT2D eigenvalue weighted by Crippen LogP contribution is 2.32. The lowest BCUT2D eigenvalue weighted by atomic mass is 9.95. The summed E-state index contributed by atoms with van der Waals surface area (Å²) in [6.07, 6.45) is 13.5. The van der Waals surface area contributed by atoms with E-state index in [-0.39, 0.29) is 33.4 Å². The van der Waals surface area contributed by atoms with Crippen molar-refractivity contribution in [2.75, 3.05) is 0 Å². The van der Waals surface area contributed by atoms with E-state index in [1.54, 1.807) is 152 Å². The molecule has 0 aliphatic carbocycles. The van der Waals surface area contributed by atoms with Crippen LogP contribution in [0.3, 0.4) is 0 Å². The molecule has 7 aromatic carbocycles. The third-order valence-electron chi connectivity index (χ3n) is 20.4. The molecule has 0 fully saturated rings. The predicted octanol–water partition coefficient (Wildman–Crippen LogP) is 21.7. The van der Waals surface area contributed by atoms with Crippen LogP contribution in [0.1, 0.15) is 146 Å². The largest absolute Gasteiger partial charge is 0.215 e. The molecule has 0 aliphatic rings. The second kappa shape index (κ2) is 39.5. The van der Waals surface area contributed by atoms with Gasteiger partial charge in [0.15, 0.2) is 43.4 Å². The molecule has 14 rings (SSSR count). The Morgan fingerprint density at radius 3 is 0.920 bits per heavy atom. The average molecular weight is 1510 g/mol. The van der Waals surface area contributed by atoms with Crippen LogP contribution in [0.2, 0.25) is 0 Å². The molecule has 0 unspecified atom stereocenters.